The minimum atomic E-state index is -0.271. The summed E-state index contributed by atoms with van der Waals surface area (Å²) in [6, 6.07) is 7.45. The molecule has 6 heteroatoms. The van der Waals surface area contributed by atoms with Crippen LogP contribution in [0.5, 0.6) is 5.75 Å². The number of carbonyl (C=O) groups excluding carboxylic acids is 1. The Kier molecular flexibility index (Phi) is 5.63. The standard InChI is InChI=1S/C21H28N4O2/c1-5-21(2,3)15-8-11-18-17(12-15)19(24-23-18)20(26)25-22-13-14-6-9-16(27-4)10-7-14/h6-7,9-10,13,15H,5,8,11-12H2,1-4H3,(H,23,24)(H,25,26). The van der Waals surface area contributed by atoms with Crippen LogP contribution in [0.1, 0.15) is 60.9 Å². The third-order valence-corrected chi connectivity index (χ3v) is 5.87. The van der Waals surface area contributed by atoms with Crippen LogP contribution in [0, 0.1) is 11.3 Å². The van der Waals surface area contributed by atoms with Gasteiger partial charge in [-0.25, -0.2) is 5.43 Å². The molecule has 1 amide bonds. The highest BCUT2D eigenvalue weighted by Crippen LogP contribution is 2.40. The molecule has 3 rings (SSSR count). The Morgan fingerprint density at radius 3 is 2.81 bits per heavy atom. The number of benzene rings is 1. The molecule has 0 saturated heterocycles. The normalized spacial score (nSPS) is 17.0. The van der Waals surface area contributed by atoms with E-state index in [2.05, 4.69) is 41.5 Å². The molecular formula is C21H28N4O2. The van der Waals surface area contributed by atoms with E-state index in [9.17, 15) is 4.79 Å². The third-order valence-electron chi connectivity index (χ3n) is 5.87. The van der Waals surface area contributed by atoms with Crippen molar-refractivity contribution in [3.8, 4) is 5.75 Å². The number of amides is 1. The van der Waals surface area contributed by atoms with Crippen molar-refractivity contribution in [2.24, 2.45) is 16.4 Å². The second kappa shape index (κ2) is 7.94. The van der Waals surface area contributed by atoms with E-state index in [0.717, 1.165) is 48.3 Å². The van der Waals surface area contributed by atoms with E-state index in [0.29, 0.717) is 11.6 Å². The monoisotopic (exact) mass is 368 g/mol. The first-order valence-corrected chi connectivity index (χ1v) is 9.48. The van der Waals surface area contributed by atoms with E-state index in [4.69, 9.17) is 4.74 Å². The highest BCUT2D eigenvalue weighted by Gasteiger charge is 2.34. The van der Waals surface area contributed by atoms with Gasteiger partial charge in [0.1, 0.15) is 5.75 Å². The number of rotatable bonds is 6. The van der Waals surface area contributed by atoms with Gasteiger partial charge >= 0.3 is 0 Å². The summed E-state index contributed by atoms with van der Waals surface area (Å²) in [5.74, 6) is 1.07. The van der Waals surface area contributed by atoms with Gasteiger partial charge in [0.2, 0.25) is 0 Å². The number of nitrogens with zero attached hydrogens (tertiary/aromatic N) is 2. The van der Waals surface area contributed by atoms with Crippen LogP contribution >= 0.6 is 0 Å². The molecule has 1 aliphatic rings. The van der Waals surface area contributed by atoms with E-state index in [1.165, 1.54) is 0 Å². The molecule has 6 nitrogen and oxygen atoms in total. The fraction of sp³-hybridized carbons (Fsp3) is 0.476. The van der Waals surface area contributed by atoms with Gasteiger partial charge in [-0.05, 0) is 60.4 Å². The zero-order valence-electron chi connectivity index (χ0n) is 16.5. The second-order valence-corrected chi connectivity index (χ2v) is 7.78. The molecule has 1 aromatic heterocycles. The lowest BCUT2D eigenvalue weighted by Gasteiger charge is -2.36. The number of hydrogen-bond donors (Lipinski definition) is 2. The summed E-state index contributed by atoms with van der Waals surface area (Å²) in [7, 11) is 1.63. The summed E-state index contributed by atoms with van der Waals surface area (Å²) in [5.41, 5.74) is 6.33. The zero-order chi connectivity index (χ0) is 19.4. The van der Waals surface area contributed by atoms with Crippen molar-refractivity contribution in [3.63, 3.8) is 0 Å². The number of aryl methyl sites for hydroxylation is 1. The van der Waals surface area contributed by atoms with Crippen molar-refractivity contribution in [2.75, 3.05) is 7.11 Å². The molecule has 1 atom stereocenters. The number of hydrazone groups is 1. The Morgan fingerprint density at radius 1 is 1.41 bits per heavy atom. The number of nitrogens with one attached hydrogen (secondary N) is 2. The highest BCUT2D eigenvalue weighted by atomic mass is 16.5. The van der Waals surface area contributed by atoms with Gasteiger partial charge < -0.3 is 4.74 Å². The maximum atomic E-state index is 12.6. The van der Waals surface area contributed by atoms with Crippen molar-refractivity contribution in [1.29, 1.82) is 0 Å². The van der Waals surface area contributed by atoms with Gasteiger partial charge in [-0.2, -0.15) is 10.2 Å². The average molecular weight is 368 g/mol. The van der Waals surface area contributed by atoms with Crippen molar-refractivity contribution < 1.29 is 9.53 Å². The van der Waals surface area contributed by atoms with E-state index in [1.54, 1.807) is 13.3 Å². The fourth-order valence-electron chi connectivity index (χ4n) is 3.55. The molecule has 0 saturated carbocycles. The summed E-state index contributed by atoms with van der Waals surface area (Å²) in [5, 5.41) is 11.4. The number of hydrogen-bond acceptors (Lipinski definition) is 4. The lowest BCUT2D eigenvalue weighted by atomic mass is 9.69. The first kappa shape index (κ1) is 19.1. The van der Waals surface area contributed by atoms with Gasteiger partial charge in [0.15, 0.2) is 5.69 Å². The second-order valence-electron chi connectivity index (χ2n) is 7.78. The van der Waals surface area contributed by atoms with Gasteiger partial charge in [0, 0.05) is 11.3 Å². The van der Waals surface area contributed by atoms with Crippen molar-refractivity contribution in [2.45, 2.75) is 46.5 Å². The van der Waals surface area contributed by atoms with Crippen molar-refractivity contribution >= 4 is 12.1 Å². The smallest absolute Gasteiger partial charge is 0.292 e. The number of fused-ring (bicyclic) bond motifs is 1. The maximum absolute atomic E-state index is 12.6. The predicted octanol–water partition coefficient (Wildman–Crippen LogP) is 3.72. The average Bonchev–Trinajstić information content (AvgIpc) is 3.11. The van der Waals surface area contributed by atoms with Crippen LogP contribution in [0.15, 0.2) is 29.4 Å². The molecule has 1 aliphatic carbocycles. The number of aromatic nitrogens is 2. The highest BCUT2D eigenvalue weighted by molar-refractivity contribution is 5.94. The SMILES string of the molecule is CCC(C)(C)C1CCc2[nH]nc(C(=O)NN=Cc3ccc(OC)cc3)c2C1. The topological polar surface area (TPSA) is 79.4 Å². The molecule has 1 heterocycles. The minimum absolute atomic E-state index is 0.259. The summed E-state index contributed by atoms with van der Waals surface area (Å²) in [6.07, 6.45) is 5.70. The zero-order valence-corrected chi connectivity index (χ0v) is 16.5. The first-order chi connectivity index (χ1) is 12.9. The number of ether oxygens (including phenoxy) is 1. The molecular weight excluding hydrogens is 340 g/mol. The lowest BCUT2D eigenvalue weighted by molar-refractivity contribution is 0.0947. The fourth-order valence-corrected chi connectivity index (χ4v) is 3.55. The number of aromatic amines is 1. The van der Waals surface area contributed by atoms with Gasteiger partial charge in [0.05, 0.1) is 13.3 Å². The summed E-state index contributed by atoms with van der Waals surface area (Å²) in [4.78, 5) is 12.6. The molecule has 144 valence electrons. The quantitative estimate of drug-likeness (QED) is 0.602. The molecule has 0 aliphatic heterocycles. The van der Waals surface area contributed by atoms with E-state index in [-0.39, 0.29) is 11.3 Å². The Hall–Kier alpha value is -2.63. The van der Waals surface area contributed by atoms with Crippen molar-refractivity contribution in [1.82, 2.24) is 15.6 Å². The number of carbonyl (C=O) groups is 1. The largest absolute Gasteiger partial charge is 0.497 e. The molecule has 2 N–H and O–H groups in total. The van der Waals surface area contributed by atoms with E-state index >= 15 is 0 Å². The minimum Gasteiger partial charge on any atom is -0.497 e. The van der Waals surface area contributed by atoms with Crippen LogP contribution in [0.25, 0.3) is 0 Å². The number of H-pyrrole nitrogens is 1. The molecule has 1 aromatic carbocycles. The van der Waals surface area contributed by atoms with Gasteiger partial charge in [0.25, 0.3) is 5.91 Å². The summed E-state index contributed by atoms with van der Waals surface area (Å²) >= 11 is 0. The van der Waals surface area contributed by atoms with Crippen LogP contribution in [-0.2, 0) is 12.8 Å². The predicted molar refractivity (Wildman–Crippen MR) is 106 cm³/mol. The lowest BCUT2D eigenvalue weighted by Crippen LogP contribution is -2.30. The summed E-state index contributed by atoms with van der Waals surface area (Å²) in [6.45, 7) is 6.84. The third kappa shape index (κ3) is 4.21. The molecule has 0 fully saturated rings. The molecule has 0 radical (unpaired) electrons. The molecule has 27 heavy (non-hydrogen) atoms. The van der Waals surface area contributed by atoms with Crippen molar-refractivity contribution in [3.05, 3.63) is 46.8 Å². The first-order valence-electron chi connectivity index (χ1n) is 9.48. The Labute approximate surface area is 160 Å². The molecule has 1 unspecified atom stereocenters. The van der Waals surface area contributed by atoms with Crippen LogP contribution in [0.4, 0.5) is 0 Å². The van der Waals surface area contributed by atoms with Crippen LogP contribution in [-0.4, -0.2) is 29.4 Å². The van der Waals surface area contributed by atoms with Crippen LogP contribution in [0.3, 0.4) is 0 Å². The van der Waals surface area contributed by atoms with Gasteiger partial charge in [-0.1, -0.05) is 27.2 Å². The number of methoxy groups -OCH3 is 1. The van der Waals surface area contributed by atoms with Gasteiger partial charge in [-0.3, -0.25) is 9.89 Å². The Bertz CT molecular complexity index is 821. The van der Waals surface area contributed by atoms with Crippen LogP contribution in [0.2, 0.25) is 0 Å². The Morgan fingerprint density at radius 2 is 2.15 bits per heavy atom. The molecule has 0 spiro atoms. The van der Waals surface area contributed by atoms with Crippen LogP contribution < -0.4 is 10.2 Å². The van der Waals surface area contributed by atoms with E-state index in [1.807, 2.05) is 24.3 Å². The summed E-state index contributed by atoms with van der Waals surface area (Å²) < 4.78 is 5.13. The Balaban J connectivity index is 1.68. The maximum Gasteiger partial charge on any atom is 0.292 e. The molecule has 2 aromatic rings. The van der Waals surface area contributed by atoms with E-state index < -0.39 is 0 Å². The molecule has 0 bridgehead atoms. The van der Waals surface area contributed by atoms with Gasteiger partial charge in [-0.15, -0.1) is 0 Å².